The van der Waals surface area contributed by atoms with Crippen LogP contribution in [0.4, 0.5) is 11.4 Å². The molecule has 4 rings (SSSR count). The lowest BCUT2D eigenvalue weighted by molar-refractivity contribution is -0.120. The number of carbonyl (C=O) groups excluding carboxylic acids is 3. The summed E-state index contributed by atoms with van der Waals surface area (Å²) in [6.07, 6.45) is 0. The molecule has 6 heteroatoms. The van der Waals surface area contributed by atoms with Crippen molar-refractivity contribution in [1.82, 2.24) is 4.90 Å². The number of nitrogens with one attached hydrogen (secondary N) is 2. The molecule has 3 aromatic carbocycles. The Hall–Kier alpha value is -3.93. The zero-order valence-corrected chi connectivity index (χ0v) is 16.5. The molecule has 0 aromatic heterocycles. The number of amides is 3. The maximum Gasteiger partial charge on any atom is 0.255 e. The summed E-state index contributed by atoms with van der Waals surface area (Å²) in [6, 6.07) is 22.8. The highest BCUT2D eigenvalue weighted by molar-refractivity contribution is 6.04. The minimum atomic E-state index is -0.763. The Labute approximate surface area is 174 Å². The molecule has 0 radical (unpaired) electrons. The summed E-state index contributed by atoms with van der Waals surface area (Å²) in [5.41, 5.74) is 3.51. The minimum Gasteiger partial charge on any atom is -0.326 e. The van der Waals surface area contributed by atoms with Crippen LogP contribution in [0.25, 0.3) is 0 Å². The van der Waals surface area contributed by atoms with Gasteiger partial charge in [0.15, 0.2) is 0 Å². The number of hydrogen-bond donors (Lipinski definition) is 2. The van der Waals surface area contributed by atoms with Crippen LogP contribution in [-0.2, 0) is 16.1 Å². The fraction of sp³-hybridized carbons (Fsp3) is 0.125. The molecule has 0 saturated carbocycles. The van der Waals surface area contributed by atoms with Crippen molar-refractivity contribution in [3.05, 3.63) is 95.6 Å². The van der Waals surface area contributed by atoms with Crippen molar-refractivity contribution in [3.8, 4) is 0 Å². The first-order chi connectivity index (χ1) is 14.5. The smallest absolute Gasteiger partial charge is 0.255 e. The summed E-state index contributed by atoms with van der Waals surface area (Å²) >= 11 is 0. The summed E-state index contributed by atoms with van der Waals surface area (Å²) in [6.45, 7) is 1.81. The van der Waals surface area contributed by atoms with Crippen molar-refractivity contribution >= 4 is 29.1 Å². The molecule has 30 heavy (non-hydrogen) atoms. The number of carbonyl (C=O) groups is 3. The van der Waals surface area contributed by atoms with Gasteiger partial charge in [0.25, 0.3) is 11.8 Å². The number of fused-ring (bicyclic) bond motifs is 1. The van der Waals surface area contributed by atoms with Crippen molar-refractivity contribution in [2.45, 2.75) is 19.5 Å². The molecule has 1 aliphatic rings. The second kappa shape index (κ2) is 8.21. The Morgan fingerprint density at radius 3 is 2.07 bits per heavy atom. The molecule has 6 nitrogen and oxygen atoms in total. The van der Waals surface area contributed by atoms with E-state index in [1.165, 1.54) is 6.92 Å². The highest BCUT2D eigenvalue weighted by Gasteiger charge is 2.37. The summed E-state index contributed by atoms with van der Waals surface area (Å²) in [7, 11) is 0. The third-order valence-corrected chi connectivity index (χ3v) is 5.00. The molecule has 3 aromatic rings. The predicted molar refractivity (Wildman–Crippen MR) is 115 cm³/mol. The van der Waals surface area contributed by atoms with Gasteiger partial charge in [-0.25, -0.2) is 0 Å². The molecule has 0 saturated heterocycles. The average molecular weight is 399 g/mol. The average Bonchev–Trinajstić information content (AvgIpc) is 3.07. The summed E-state index contributed by atoms with van der Waals surface area (Å²) in [5, 5.41) is 5.59. The maximum atomic E-state index is 13.3. The number of nitrogens with zero attached hydrogens (tertiary/aromatic N) is 1. The van der Waals surface area contributed by atoms with Crippen molar-refractivity contribution in [1.29, 1.82) is 0 Å². The van der Waals surface area contributed by atoms with E-state index < -0.39 is 6.04 Å². The first-order valence-electron chi connectivity index (χ1n) is 9.65. The third kappa shape index (κ3) is 3.93. The molecule has 2 N–H and O–H groups in total. The number of anilines is 2. The zero-order valence-electron chi connectivity index (χ0n) is 16.5. The molecule has 0 bridgehead atoms. The van der Waals surface area contributed by atoms with Crippen LogP contribution in [0.5, 0.6) is 0 Å². The molecule has 0 spiro atoms. The molecule has 0 aliphatic carbocycles. The van der Waals surface area contributed by atoms with Gasteiger partial charge in [-0.05, 0) is 41.5 Å². The fourth-order valence-corrected chi connectivity index (χ4v) is 3.64. The molecule has 0 fully saturated rings. The first kappa shape index (κ1) is 19.4. The first-order valence-corrected chi connectivity index (χ1v) is 9.65. The van der Waals surface area contributed by atoms with Crippen LogP contribution in [0.2, 0.25) is 0 Å². The molecule has 1 atom stereocenters. The summed E-state index contributed by atoms with van der Waals surface area (Å²) in [4.78, 5) is 39.1. The van der Waals surface area contributed by atoms with Gasteiger partial charge in [-0.3, -0.25) is 14.4 Å². The van der Waals surface area contributed by atoms with Gasteiger partial charge in [-0.2, -0.15) is 0 Å². The number of rotatable bonds is 5. The van der Waals surface area contributed by atoms with Crippen molar-refractivity contribution in [3.63, 3.8) is 0 Å². The van der Waals surface area contributed by atoms with E-state index >= 15 is 0 Å². The van der Waals surface area contributed by atoms with Gasteiger partial charge in [0.05, 0.1) is 0 Å². The Morgan fingerprint density at radius 1 is 0.833 bits per heavy atom. The van der Waals surface area contributed by atoms with Gasteiger partial charge in [-0.1, -0.05) is 48.5 Å². The van der Waals surface area contributed by atoms with E-state index in [2.05, 4.69) is 10.6 Å². The van der Waals surface area contributed by atoms with Crippen molar-refractivity contribution in [2.24, 2.45) is 0 Å². The lowest BCUT2D eigenvalue weighted by Gasteiger charge is -2.27. The monoisotopic (exact) mass is 399 g/mol. The van der Waals surface area contributed by atoms with E-state index in [0.29, 0.717) is 23.5 Å². The SMILES string of the molecule is CC(=O)Nc1ccc(NC(=O)[C@H](c2ccccc2)N2Cc3ccccc3C2=O)cc1. The van der Waals surface area contributed by atoms with Gasteiger partial charge in [0.2, 0.25) is 5.91 Å². The molecule has 1 heterocycles. The molecular weight excluding hydrogens is 378 g/mol. The summed E-state index contributed by atoms with van der Waals surface area (Å²) in [5.74, 6) is -0.617. The van der Waals surface area contributed by atoms with E-state index in [1.54, 1.807) is 35.2 Å². The topological polar surface area (TPSA) is 78.5 Å². The van der Waals surface area contributed by atoms with Crippen LogP contribution in [0.3, 0.4) is 0 Å². The van der Waals surface area contributed by atoms with Crippen LogP contribution < -0.4 is 10.6 Å². The largest absolute Gasteiger partial charge is 0.326 e. The molecular formula is C24H21N3O3. The number of hydrogen-bond acceptors (Lipinski definition) is 3. The lowest BCUT2D eigenvalue weighted by atomic mass is 10.0. The van der Waals surface area contributed by atoms with E-state index in [9.17, 15) is 14.4 Å². The van der Waals surface area contributed by atoms with Crippen LogP contribution in [0, 0.1) is 0 Å². The van der Waals surface area contributed by atoms with Crippen LogP contribution in [-0.4, -0.2) is 22.6 Å². The van der Waals surface area contributed by atoms with Crippen molar-refractivity contribution < 1.29 is 14.4 Å². The Balaban J connectivity index is 1.60. The van der Waals surface area contributed by atoms with E-state index in [-0.39, 0.29) is 17.7 Å². The third-order valence-electron chi connectivity index (χ3n) is 5.00. The Bertz CT molecular complexity index is 1090. The normalized spacial score (nSPS) is 13.5. The molecule has 3 amide bonds. The van der Waals surface area contributed by atoms with Gasteiger partial charge < -0.3 is 15.5 Å². The Morgan fingerprint density at radius 2 is 1.43 bits per heavy atom. The van der Waals surface area contributed by atoms with Crippen LogP contribution >= 0.6 is 0 Å². The highest BCUT2D eigenvalue weighted by atomic mass is 16.2. The van der Waals surface area contributed by atoms with Gasteiger partial charge in [0.1, 0.15) is 6.04 Å². The minimum absolute atomic E-state index is 0.157. The fourth-order valence-electron chi connectivity index (χ4n) is 3.64. The molecule has 1 aliphatic heterocycles. The van der Waals surface area contributed by atoms with E-state index in [0.717, 1.165) is 11.1 Å². The second-order valence-corrected chi connectivity index (χ2v) is 7.15. The standard InChI is InChI=1S/C24H21N3O3/c1-16(28)25-19-11-13-20(14-12-19)26-23(29)22(17-7-3-2-4-8-17)27-15-18-9-5-6-10-21(18)24(27)30/h2-14,22H,15H2,1H3,(H,25,28)(H,26,29)/t22-/m0/s1. The van der Waals surface area contributed by atoms with Gasteiger partial charge in [-0.15, -0.1) is 0 Å². The van der Waals surface area contributed by atoms with Crippen LogP contribution in [0.1, 0.15) is 34.5 Å². The molecule has 150 valence electrons. The Kier molecular flexibility index (Phi) is 5.30. The predicted octanol–water partition coefficient (Wildman–Crippen LogP) is 3.98. The van der Waals surface area contributed by atoms with E-state index in [4.69, 9.17) is 0 Å². The van der Waals surface area contributed by atoms with E-state index in [1.807, 2.05) is 48.5 Å². The number of benzene rings is 3. The maximum absolute atomic E-state index is 13.3. The van der Waals surface area contributed by atoms with Crippen molar-refractivity contribution in [2.75, 3.05) is 10.6 Å². The van der Waals surface area contributed by atoms with Gasteiger partial charge >= 0.3 is 0 Å². The van der Waals surface area contributed by atoms with Gasteiger partial charge in [0, 0.05) is 30.4 Å². The zero-order chi connectivity index (χ0) is 21.1. The lowest BCUT2D eigenvalue weighted by Crippen LogP contribution is -2.37. The van der Waals surface area contributed by atoms with Crippen LogP contribution in [0.15, 0.2) is 78.9 Å². The quantitative estimate of drug-likeness (QED) is 0.681. The second-order valence-electron chi connectivity index (χ2n) is 7.15. The highest BCUT2D eigenvalue weighted by Crippen LogP contribution is 2.32. The molecule has 0 unspecified atom stereocenters. The summed E-state index contributed by atoms with van der Waals surface area (Å²) < 4.78 is 0.